The molecule has 17 heavy (non-hydrogen) atoms. The minimum absolute atomic E-state index is 0.0894. The molecule has 4 heteroatoms. The molecule has 0 aliphatic heterocycles. The van der Waals surface area contributed by atoms with Crippen LogP contribution in [0.25, 0.3) is 0 Å². The van der Waals surface area contributed by atoms with Gasteiger partial charge in [-0.3, -0.25) is 4.79 Å². The lowest BCUT2D eigenvalue weighted by molar-refractivity contribution is -0.123. The van der Waals surface area contributed by atoms with Gasteiger partial charge in [-0.25, -0.2) is 4.79 Å². The molecule has 1 N–H and O–H groups in total. The fraction of sp³-hybridized carbons (Fsp3) is 0.846. The minimum Gasteiger partial charge on any atom is -0.444 e. The van der Waals surface area contributed by atoms with Gasteiger partial charge in [-0.1, -0.05) is 13.8 Å². The Balaban J connectivity index is 2.22. The number of nitrogens with one attached hydrogen (secondary N) is 1. The number of carbonyl (C=O) groups is 2. The maximum atomic E-state index is 11.6. The normalized spacial score (nSPS) is 23.4. The number of hydrogen-bond donors (Lipinski definition) is 1. The largest absolute Gasteiger partial charge is 0.444 e. The first-order chi connectivity index (χ1) is 7.70. The number of amides is 1. The lowest BCUT2D eigenvalue weighted by Crippen LogP contribution is -2.34. The molecule has 1 fully saturated rings. The maximum absolute atomic E-state index is 11.6. The summed E-state index contributed by atoms with van der Waals surface area (Å²) in [7, 11) is 0. The number of Topliss-reactive ketones (excluding diaryl/α,β-unsaturated/α-hetero) is 1. The average molecular weight is 241 g/mol. The molecule has 0 aromatic carbocycles. The van der Waals surface area contributed by atoms with Gasteiger partial charge in [-0.15, -0.1) is 0 Å². The topological polar surface area (TPSA) is 55.4 Å². The van der Waals surface area contributed by atoms with Crippen LogP contribution in [-0.4, -0.2) is 24.0 Å². The quantitative estimate of drug-likeness (QED) is 0.822. The molecule has 1 amide bonds. The third kappa shape index (κ3) is 4.75. The Labute approximate surface area is 103 Å². The van der Waals surface area contributed by atoms with Gasteiger partial charge >= 0.3 is 6.09 Å². The Morgan fingerprint density at radius 3 is 2.41 bits per heavy atom. The summed E-state index contributed by atoms with van der Waals surface area (Å²) in [4.78, 5) is 23.0. The van der Waals surface area contributed by atoms with Gasteiger partial charge in [-0.2, -0.15) is 0 Å². The predicted octanol–water partition coefficient (Wildman–Crippen LogP) is 2.37. The van der Waals surface area contributed by atoms with Crippen LogP contribution in [0, 0.1) is 17.8 Å². The monoisotopic (exact) mass is 241 g/mol. The van der Waals surface area contributed by atoms with Gasteiger partial charge in [0.2, 0.25) is 0 Å². The lowest BCUT2D eigenvalue weighted by Gasteiger charge is -2.19. The number of carbonyl (C=O) groups excluding carboxylic acids is 2. The van der Waals surface area contributed by atoms with Gasteiger partial charge in [0.25, 0.3) is 0 Å². The number of alkyl carbamates (subject to hydrolysis) is 1. The average Bonchev–Trinajstić information content (AvgIpc) is 2.89. The van der Waals surface area contributed by atoms with E-state index in [-0.39, 0.29) is 11.8 Å². The van der Waals surface area contributed by atoms with Crippen LogP contribution in [0.5, 0.6) is 0 Å². The number of rotatable bonds is 4. The molecule has 0 unspecified atom stereocenters. The van der Waals surface area contributed by atoms with E-state index in [1.807, 2.05) is 34.6 Å². The molecule has 1 aliphatic carbocycles. The Bertz CT molecular complexity index is 304. The Morgan fingerprint density at radius 1 is 1.35 bits per heavy atom. The lowest BCUT2D eigenvalue weighted by atomic mass is 10.0. The third-order valence-electron chi connectivity index (χ3n) is 2.76. The van der Waals surface area contributed by atoms with Gasteiger partial charge in [0, 0.05) is 18.4 Å². The van der Waals surface area contributed by atoms with Crippen LogP contribution in [0.3, 0.4) is 0 Å². The van der Waals surface area contributed by atoms with Crippen molar-refractivity contribution < 1.29 is 14.3 Å². The SMILES string of the molecule is CC(C)C(=O)[C@@H]1C[C@@H]1CNC(=O)OC(C)(C)C. The highest BCUT2D eigenvalue weighted by Gasteiger charge is 2.43. The van der Waals surface area contributed by atoms with E-state index in [4.69, 9.17) is 4.74 Å². The zero-order chi connectivity index (χ0) is 13.2. The van der Waals surface area contributed by atoms with Crippen LogP contribution in [0.1, 0.15) is 41.0 Å². The van der Waals surface area contributed by atoms with Crippen molar-refractivity contribution >= 4 is 11.9 Å². The Hall–Kier alpha value is -1.06. The summed E-state index contributed by atoms with van der Waals surface area (Å²) >= 11 is 0. The highest BCUT2D eigenvalue weighted by molar-refractivity contribution is 5.85. The molecule has 4 nitrogen and oxygen atoms in total. The van der Waals surface area contributed by atoms with E-state index in [0.717, 1.165) is 6.42 Å². The van der Waals surface area contributed by atoms with E-state index < -0.39 is 11.7 Å². The van der Waals surface area contributed by atoms with Crippen molar-refractivity contribution in [1.82, 2.24) is 5.32 Å². The molecule has 0 radical (unpaired) electrons. The van der Waals surface area contributed by atoms with Crippen LogP contribution in [-0.2, 0) is 9.53 Å². The molecular weight excluding hydrogens is 218 g/mol. The van der Waals surface area contributed by atoms with Crippen LogP contribution in [0.2, 0.25) is 0 Å². The van der Waals surface area contributed by atoms with E-state index in [9.17, 15) is 9.59 Å². The third-order valence-corrected chi connectivity index (χ3v) is 2.76. The molecule has 1 aliphatic rings. The fourth-order valence-corrected chi connectivity index (χ4v) is 1.78. The maximum Gasteiger partial charge on any atom is 0.407 e. The molecule has 1 rings (SSSR count). The van der Waals surface area contributed by atoms with E-state index in [0.29, 0.717) is 18.2 Å². The second-order valence-corrected chi connectivity index (χ2v) is 6.04. The Morgan fingerprint density at radius 2 is 1.94 bits per heavy atom. The molecule has 0 saturated heterocycles. The van der Waals surface area contributed by atoms with Crippen molar-refractivity contribution in [3.63, 3.8) is 0 Å². The van der Waals surface area contributed by atoms with Gasteiger partial charge in [0.1, 0.15) is 11.4 Å². The van der Waals surface area contributed by atoms with Crippen molar-refractivity contribution in [3.05, 3.63) is 0 Å². The number of hydrogen-bond acceptors (Lipinski definition) is 3. The van der Waals surface area contributed by atoms with Crippen molar-refractivity contribution in [2.24, 2.45) is 17.8 Å². The van der Waals surface area contributed by atoms with Gasteiger partial charge in [0.05, 0.1) is 0 Å². The van der Waals surface area contributed by atoms with E-state index in [1.54, 1.807) is 0 Å². The van der Waals surface area contributed by atoms with Gasteiger partial charge in [-0.05, 0) is 33.1 Å². The van der Waals surface area contributed by atoms with Crippen molar-refractivity contribution in [2.75, 3.05) is 6.54 Å². The standard InChI is InChI=1S/C13H23NO3/c1-8(2)11(15)10-6-9(10)7-14-12(16)17-13(3,4)5/h8-10H,6-7H2,1-5H3,(H,14,16)/t9-,10-/m1/s1. The van der Waals surface area contributed by atoms with Crippen LogP contribution in [0.15, 0.2) is 0 Å². The summed E-state index contributed by atoms with van der Waals surface area (Å²) in [6.45, 7) is 9.86. The molecule has 0 heterocycles. The first-order valence-electron chi connectivity index (χ1n) is 6.21. The summed E-state index contributed by atoms with van der Waals surface area (Å²) < 4.78 is 5.12. The summed E-state index contributed by atoms with van der Waals surface area (Å²) in [6.07, 6.45) is 0.493. The van der Waals surface area contributed by atoms with Crippen molar-refractivity contribution in [1.29, 1.82) is 0 Å². The molecular formula is C13H23NO3. The minimum atomic E-state index is -0.471. The van der Waals surface area contributed by atoms with Crippen LogP contribution >= 0.6 is 0 Å². The molecule has 0 bridgehead atoms. The van der Waals surface area contributed by atoms with Crippen molar-refractivity contribution in [2.45, 2.75) is 46.6 Å². The molecule has 98 valence electrons. The van der Waals surface area contributed by atoms with E-state index in [1.165, 1.54) is 0 Å². The molecule has 0 spiro atoms. The molecule has 0 aromatic rings. The summed E-state index contributed by atoms with van der Waals surface area (Å²) in [5, 5.41) is 2.71. The second kappa shape index (κ2) is 5.07. The number of ether oxygens (including phenoxy) is 1. The number of ketones is 1. The molecule has 1 saturated carbocycles. The fourth-order valence-electron chi connectivity index (χ4n) is 1.78. The summed E-state index contributed by atoms with van der Waals surface area (Å²) in [5.74, 6) is 0.842. The highest BCUT2D eigenvalue weighted by atomic mass is 16.6. The van der Waals surface area contributed by atoms with E-state index in [2.05, 4.69) is 5.32 Å². The smallest absolute Gasteiger partial charge is 0.407 e. The highest BCUT2D eigenvalue weighted by Crippen LogP contribution is 2.40. The first kappa shape index (κ1) is 14.0. The predicted molar refractivity (Wildman–Crippen MR) is 65.7 cm³/mol. The summed E-state index contributed by atoms with van der Waals surface area (Å²) in [6, 6.07) is 0. The zero-order valence-corrected chi connectivity index (χ0v) is 11.4. The first-order valence-corrected chi connectivity index (χ1v) is 6.21. The second-order valence-electron chi connectivity index (χ2n) is 6.04. The van der Waals surface area contributed by atoms with Crippen LogP contribution < -0.4 is 5.32 Å². The molecule has 0 aromatic heterocycles. The van der Waals surface area contributed by atoms with Crippen LogP contribution in [0.4, 0.5) is 4.79 Å². The summed E-state index contributed by atoms with van der Waals surface area (Å²) in [5.41, 5.74) is -0.471. The van der Waals surface area contributed by atoms with E-state index >= 15 is 0 Å². The van der Waals surface area contributed by atoms with Crippen molar-refractivity contribution in [3.8, 4) is 0 Å². The zero-order valence-electron chi connectivity index (χ0n) is 11.4. The van der Waals surface area contributed by atoms with Gasteiger partial charge < -0.3 is 10.1 Å². The van der Waals surface area contributed by atoms with Gasteiger partial charge in [0.15, 0.2) is 0 Å². The molecule has 2 atom stereocenters. The Kier molecular flexibility index (Phi) is 4.17.